The SMILES string of the molecule is CCN(CC)C(=O)[C@@H]1O[C@@]12C(=O)N(C)c1c(Br)cccc12.CCN(CC)C(=O)[C@@H]1O[C@@]12C(=O)N(C)c1c(Br)cccc12. The number of fused-ring (bicyclic) bond motifs is 4. The third-order valence-electron chi connectivity index (χ3n) is 8.52. The first-order valence-electron chi connectivity index (χ1n) is 14.0. The Morgan fingerprint density at radius 3 is 1.36 bits per heavy atom. The molecule has 0 unspecified atom stereocenters. The van der Waals surface area contributed by atoms with E-state index in [9.17, 15) is 19.2 Å². The van der Waals surface area contributed by atoms with E-state index in [1.807, 2.05) is 64.1 Å². The quantitative estimate of drug-likeness (QED) is 0.424. The second-order valence-electron chi connectivity index (χ2n) is 10.5. The van der Waals surface area contributed by atoms with Gasteiger partial charge in [0.05, 0.1) is 11.4 Å². The fraction of sp³-hybridized carbons (Fsp3) is 0.467. The van der Waals surface area contributed by atoms with Gasteiger partial charge < -0.3 is 29.1 Å². The van der Waals surface area contributed by atoms with E-state index in [0.29, 0.717) is 26.2 Å². The Bertz CT molecular complexity index is 1370. The van der Waals surface area contributed by atoms with Crippen molar-refractivity contribution in [3.63, 3.8) is 0 Å². The summed E-state index contributed by atoms with van der Waals surface area (Å²) < 4.78 is 13.0. The summed E-state index contributed by atoms with van der Waals surface area (Å²) in [4.78, 5) is 56.8. The molecule has 0 radical (unpaired) electrons. The minimum atomic E-state index is -1.12. The first-order chi connectivity index (χ1) is 20.0. The van der Waals surface area contributed by atoms with Gasteiger partial charge in [-0.25, -0.2) is 0 Å². The van der Waals surface area contributed by atoms with Gasteiger partial charge in [0, 0.05) is 60.3 Å². The first-order valence-corrected chi connectivity index (χ1v) is 15.6. The molecular formula is C30H34Br2N4O6. The van der Waals surface area contributed by atoms with Crippen LogP contribution in [0.1, 0.15) is 38.8 Å². The van der Waals surface area contributed by atoms with Crippen molar-refractivity contribution in [1.29, 1.82) is 0 Å². The zero-order chi connectivity index (χ0) is 30.7. The number of likely N-dealkylation sites (N-methyl/N-ethyl adjacent to an activating group) is 4. The van der Waals surface area contributed by atoms with Crippen LogP contribution in [-0.2, 0) is 39.9 Å². The molecule has 4 heterocycles. The number of halogens is 2. The summed E-state index contributed by atoms with van der Waals surface area (Å²) in [5.41, 5.74) is 0.889. The van der Waals surface area contributed by atoms with Gasteiger partial charge in [0.25, 0.3) is 23.6 Å². The molecule has 2 aromatic carbocycles. The molecule has 6 rings (SSSR count). The molecule has 224 valence electrons. The van der Waals surface area contributed by atoms with E-state index in [2.05, 4.69) is 31.9 Å². The predicted molar refractivity (Wildman–Crippen MR) is 164 cm³/mol. The molecule has 10 nitrogen and oxygen atoms in total. The maximum Gasteiger partial charge on any atom is 0.267 e. The highest BCUT2D eigenvalue weighted by atomic mass is 79.9. The van der Waals surface area contributed by atoms with Gasteiger partial charge in [0.1, 0.15) is 0 Å². The fourth-order valence-electron chi connectivity index (χ4n) is 6.13. The smallest absolute Gasteiger partial charge is 0.267 e. The van der Waals surface area contributed by atoms with Crippen LogP contribution in [0, 0.1) is 0 Å². The van der Waals surface area contributed by atoms with E-state index in [1.165, 1.54) is 0 Å². The lowest BCUT2D eigenvalue weighted by Gasteiger charge is -2.17. The molecule has 2 saturated heterocycles. The van der Waals surface area contributed by atoms with Crippen molar-refractivity contribution in [2.75, 3.05) is 50.1 Å². The number of rotatable bonds is 6. The largest absolute Gasteiger partial charge is 0.341 e. The lowest BCUT2D eigenvalue weighted by Crippen LogP contribution is -2.39. The number of hydrogen-bond donors (Lipinski definition) is 0. The monoisotopic (exact) mass is 704 g/mol. The van der Waals surface area contributed by atoms with Crippen LogP contribution in [0.4, 0.5) is 11.4 Å². The summed E-state index contributed by atoms with van der Waals surface area (Å²) in [6.07, 6.45) is -1.41. The van der Waals surface area contributed by atoms with Crippen molar-refractivity contribution >= 4 is 66.9 Å². The van der Waals surface area contributed by atoms with Crippen LogP contribution < -0.4 is 9.80 Å². The zero-order valence-corrected chi connectivity index (χ0v) is 27.6. The Balaban J connectivity index is 0.000000168. The second kappa shape index (κ2) is 11.0. The predicted octanol–water partition coefficient (Wildman–Crippen LogP) is 3.78. The number of amides is 4. The molecule has 12 heteroatoms. The highest BCUT2D eigenvalue weighted by Gasteiger charge is 2.73. The maximum absolute atomic E-state index is 12.6. The van der Waals surface area contributed by atoms with Crippen molar-refractivity contribution in [1.82, 2.24) is 9.80 Å². The molecular weight excluding hydrogens is 672 g/mol. The fourth-order valence-corrected chi connectivity index (χ4v) is 7.40. The Labute approximate surface area is 262 Å². The molecule has 0 N–H and O–H groups in total. The summed E-state index contributed by atoms with van der Waals surface area (Å²) in [6.45, 7) is 10.1. The molecule has 4 aliphatic heterocycles. The van der Waals surface area contributed by atoms with E-state index in [4.69, 9.17) is 9.47 Å². The molecule has 4 atom stereocenters. The van der Waals surface area contributed by atoms with Gasteiger partial charge in [-0.15, -0.1) is 0 Å². The Kier molecular flexibility index (Phi) is 8.06. The zero-order valence-electron chi connectivity index (χ0n) is 24.4. The molecule has 4 aliphatic rings. The van der Waals surface area contributed by atoms with Gasteiger partial charge in [0.2, 0.25) is 11.2 Å². The highest BCUT2D eigenvalue weighted by Crippen LogP contribution is 2.58. The molecule has 0 aromatic heterocycles. The van der Waals surface area contributed by atoms with Crippen molar-refractivity contribution in [3.05, 3.63) is 56.5 Å². The molecule has 0 saturated carbocycles. The van der Waals surface area contributed by atoms with E-state index < -0.39 is 23.4 Å². The Hall–Kier alpha value is -2.80. The topological polar surface area (TPSA) is 106 Å². The Morgan fingerprint density at radius 1 is 0.714 bits per heavy atom. The highest BCUT2D eigenvalue weighted by molar-refractivity contribution is 9.11. The van der Waals surface area contributed by atoms with Gasteiger partial charge in [-0.2, -0.15) is 0 Å². The van der Waals surface area contributed by atoms with E-state index in [1.54, 1.807) is 33.7 Å². The summed E-state index contributed by atoms with van der Waals surface area (Å²) in [5, 5.41) is 0. The summed E-state index contributed by atoms with van der Waals surface area (Å²) in [5.74, 6) is -0.575. The number of benzene rings is 2. The number of epoxide rings is 2. The van der Waals surface area contributed by atoms with Gasteiger partial charge in [0.15, 0.2) is 12.2 Å². The first kappa shape index (κ1) is 30.7. The summed E-state index contributed by atoms with van der Waals surface area (Å²) in [6, 6.07) is 11.2. The van der Waals surface area contributed by atoms with Gasteiger partial charge in [-0.05, 0) is 71.7 Å². The van der Waals surface area contributed by atoms with Crippen LogP contribution in [0.5, 0.6) is 0 Å². The summed E-state index contributed by atoms with van der Waals surface area (Å²) in [7, 11) is 3.42. The van der Waals surface area contributed by atoms with Crippen LogP contribution in [0.3, 0.4) is 0 Å². The van der Waals surface area contributed by atoms with Crippen LogP contribution in [0.25, 0.3) is 0 Å². The number of nitrogens with zero attached hydrogens (tertiary/aromatic N) is 4. The van der Waals surface area contributed by atoms with Gasteiger partial charge >= 0.3 is 0 Å². The van der Waals surface area contributed by atoms with E-state index >= 15 is 0 Å². The minimum absolute atomic E-state index is 0.116. The third-order valence-corrected chi connectivity index (χ3v) is 9.80. The van der Waals surface area contributed by atoms with Gasteiger partial charge in [-0.3, -0.25) is 19.2 Å². The lowest BCUT2D eigenvalue weighted by molar-refractivity contribution is -0.133. The standard InChI is InChI=1S/2C15H17BrN2O3/c2*1-4-18(5-2)13(19)12-15(21-12)9-7-6-8-10(16)11(9)17(3)14(15)20/h2*6-8,12H,4-5H2,1-3H3/t2*12-,15+/m00/s1. The second-order valence-corrected chi connectivity index (χ2v) is 12.2. The Morgan fingerprint density at radius 2 is 1.05 bits per heavy atom. The minimum Gasteiger partial charge on any atom is -0.341 e. The van der Waals surface area contributed by atoms with Crippen LogP contribution in [0.2, 0.25) is 0 Å². The van der Waals surface area contributed by atoms with Crippen molar-refractivity contribution in [2.24, 2.45) is 0 Å². The van der Waals surface area contributed by atoms with Crippen LogP contribution in [0.15, 0.2) is 45.3 Å². The van der Waals surface area contributed by atoms with E-state index in [0.717, 1.165) is 31.4 Å². The number of carbonyl (C=O) groups excluding carboxylic acids is 4. The normalized spacial score (nSPS) is 26.2. The average molecular weight is 706 g/mol. The van der Waals surface area contributed by atoms with Crippen LogP contribution >= 0.6 is 31.9 Å². The lowest BCUT2D eigenvalue weighted by atomic mass is 9.96. The van der Waals surface area contributed by atoms with Crippen LogP contribution in [-0.4, -0.2) is 85.9 Å². The van der Waals surface area contributed by atoms with Crippen molar-refractivity contribution in [2.45, 2.75) is 51.1 Å². The number of ether oxygens (including phenoxy) is 2. The maximum atomic E-state index is 12.6. The van der Waals surface area contributed by atoms with E-state index in [-0.39, 0.29) is 23.6 Å². The van der Waals surface area contributed by atoms with Crippen molar-refractivity contribution in [3.8, 4) is 0 Å². The summed E-state index contributed by atoms with van der Waals surface area (Å²) >= 11 is 6.93. The molecule has 2 spiro atoms. The van der Waals surface area contributed by atoms with Crippen molar-refractivity contribution < 1.29 is 28.7 Å². The molecule has 2 aromatic rings. The number of carbonyl (C=O) groups is 4. The molecule has 4 amide bonds. The molecule has 0 bridgehead atoms. The molecule has 2 fully saturated rings. The number of para-hydroxylation sites is 2. The number of hydrogen-bond acceptors (Lipinski definition) is 6. The average Bonchev–Trinajstić information content (AvgIpc) is 3.88. The number of anilines is 2. The van der Waals surface area contributed by atoms with Gasteiger partial charge in [-0.1, -0.05) is 24.3 Å². The third kappa shape index (κ3) is 4.24. The molecule has 42 heavy (non-hydrogen) atoms. The molecule has 0 aliphatic carbocycles.